The summed E-state index contributed by atoms with van der Waals surface area (Å²) in [5.41, 5.74) is 3.78. The van der Waals surface area contributed by atoms with E-state index in [4.69, 9.17) is 0 Å². The van der Waals surface area contributed by atoms with Gasteiger partial charge in [0.1, 0.15) is 0 Å². The lowest BCUT2D eigenvalue weighted by atomic mass is 9.83. The van der Waals surface area contributed by atoms with Gasteiger partial charge in [-0.2, -0.15) is 26.3 Å². The molecule has 0 fully saturated rings. The first-order valence-corrected chi connectivity index (χ1v) is 34.4. The minimum Gasteiger partial charge on any atom is -0.268 e. The zero-order chi connectivity index (χ0) is 67.9. The summed E-state index contributed by atoms with van der Waals surface area (Å²) in [4.78, 5) is 63.5. The van der Waals surface area contributed by atoms with Gasteiger partial charge in [-0.3, -0.25) is 19.2 Å². The topological polar surface area (TPSA) is 74.8 Å². The average molecular weight is 1330 g/mol. The van der Waals surface area contributed by atoms with Crippen molar-refractivity contribution in [3.63, 3.8) is 0 Å². The highest BCUT2D eigenvalue weighted by molar-refractivity contribution is 7.16. The minimum absolute atomic E-state index is 0.0150. The molecular weight excluding hydrogens is 1270 g/mol. The van der Waals surface area contributed by atoms with Crippen molar-refractivity contribution in [3.8, 4) is 20.9 Å². The third-order valence-corrected chi connectivity index (χ3v) is 23.2. The zero-order valence-electron chi connectivity index (χ0n) is 54.4. The smallest absolute Gasteiger partial charge is 0.268 e. The lowest BCUT2D eigenvalue weighted by molar-refractivity contribution is -0.254. The molecule has 4 heterocycles. The van der Waals surface area contributed by atoms with Crippen molar-refractivity contribution in [2.75, 3.05) is 9.80 Å². The zero-order valence-corrected chi connectivity index (χ0v) is 56.1. The van der Waals surface area contributed by atoms with E-state index in [2.05, 4.69) is 0 Å². The molecule has 4 amide bonds. The van der Waals surface area contributed by atoms with Gasteiger partial charge < -0.3 is 0 Å². The van der Waals surface area contributed by atoms with Crippen LogP contribution in [-0.2, 0) is 0 Å². The monoisotopic (exact) mass is 1330 g/mol. The Kier molecular flexibility index (Phi) is 13.0. The number of alkyl halides is 6. The molecule has 3 aliphatic rings. The SMILES string of the molecule is Cc1sc(-c2ccc3c4ccc5c6c(ccc(c7cccc2c73)c64)C(=O)N(c2c(C(C)C)cccc2C(C)C)C5=O)cc1C1=C(c2cc(-c3ccc4c5ccc6c7c(ccc(c8cccc3c84)c75)C(=O)N(c3c(C(C)C)cccc3C(C)C)C6=O)sc2C)C(F)(F)C(F)(F)C1(F)F. The van der Waals surface area contributed by atoms with Crippen LogP contribution in [0.1, 0.15) is 164 Å². The van der Waals surface area contributed by atoms with Gasteiger partial charge in [-0.1, -0.05) is 177 Å². The van der Waals surface area contributed by atoms with Crippen LogP contribution in [0.15, 0.2) is 158 Å². The second-order valence-corrected chi connectivity index (χ2v) is 30.1. The predicted octanol–water partition coefficient (Wildman–Crippen LogP) is 23.8. The number of carbonyl (C=O) groups is 4. The molecule has 0 radical (unpaired) electrons. The normalized spacial score (nSPS) is 16.2. The van der Waals surface area contributed by atoms with E-state index in [0.717, 1.165) is 110 Å². The van der Waals surface area contributed by atoms with E-state index in [1.54, 1.807) is 24.3 Å². The number of anilines is 2. The molecule has 6 nitrogen and oxygen atoms in total. The Labute approximate surface area is 561 Å². The number of nitrogens with zero attached hydrogens (tertiary/aromatic N) is 2. The van der Waals surface area contributed by atoms with Gasteiger partial charge in [0.15, 0.2) is 0 Å². The van der Waals surface area contributed by atoms with Gasteiger partial charge in [-0.05, 0) is 194 Å². The standard InChI is InChI=1S/C83H60F6N2O4S2/c1-37(2)43-15-11-16-44(38(3)4)75(43)90-77(92)59-31-27-55-51-21-13-19-49-47(23-25-53(67(49)51)57-29-33-61(79(90)94)71(59)69(55)57)65-35-63(41(9)96-65)73-74(82(86,87)83(88,89)81(73,84)85)64-36-66(97-42(64)10)48-24-26-54-58-30-34-62-72-60(32-28-56(70(58)72)52-22-14-20-50(48)68(52)54)78(93)91(80(62)95)76-45(39(5)6)17-12-18-46(76)40(7)8/h11-40H,1-10H3. The second-order valence-electron chi connectivity index (χ2n) is 27.6. The van der Waals surface area contributed by atoms with Crippen LogP contribution in [0.3, 0.4) is 0 Å². The number of halogens is 6. The molecule has 0 atom stereocenters. The Hall–Kier alpha value is -9.76. The number of rotatable bonds is 10. The van der Waals surface area contributed by atoms with Gasteiger partial charge in [-0.25, -0.2) is 9.80 Å². The molecule has 12 aromatic carbocycles. The molecule has 0 saturated heterocycles. The highest BCUT2D eigenvalue weighted by atomic mass is 32.1. The summed E-state index contributed by atoms with van der Waals surface area (Å²) in [6, 6.07) is 48.0. The molecule has 0 saturated carbocycles. The molecule has 0 spiro atoms. The van der Waals surface area contributed by atoms with E-state index in [9.17, 15) is 19.2 Å². The fourth-order valence-electron chi connectivity index (χ4n) is 16.5. The Bertz CT molecular complexity index is 5410. The molecule has 0 N–H and O–H groups in total. The highest BCUT2D eigenvalue weighted by Crippen LogP contribution is 2.67. The van der Waals surface area contributed by atoms with Gasteiger partial charge in [0, 0.05) is 63.7 Å². The molecule has 14 aromatic rings. The number of carbonyl (C=O) groups excluding carboxylic acids is 4. The van der Waals surface area contributed by atoms with E-state index in [1.165, 1.54) is 35.8 Å². The largest absolute Gasteiger partial charge is 0.380 e. The number of benzene rings is 12. The Morgan fingerprint density at radius 3 is 0.866 bits per heavy atom. The van der Waals surface area contributed by atoms with Crippen LogP contribution in [0.2, 0.25) is 0 Å². The number of fused-ring (bicyclic) bond motifs is 4. The number of allylic oxidation sites excluding steroid dienone is 2. The van der Waals surface area contributed by atoms with Gasteiger partial charge in [-0.15, -0.1) is 22.7 Å². The van der Waals surface area contributed by atoms with Crippen molar-refractivity contribution < 1.29 is 45.5 Å². The molecule has 1 aliphatic carbocycles. The van der Waals surface area contributed by atoms with Crippen LogP contribution in [0.5, 0.6) is 0 Å². The van der Waals surface area contributed by atoms with Gasteiger partial charge >= 0.3 is 17.8 Å². The van der Waals surface area contributed by atoms with Crippen molar-refractivity contribution in [1.29, 1.82) is 0 Å². The Balaban J connectivity index is 0.777. The van der Waals surface area contributed by atoms with Crippen molar-refractivity contribution in [2.24, 2.45) is 0 Å². The maximum absolute atomic E-state index is 17.1. The van der Waals surface area contributed by atoms with E-state index in [1.807, 2.05) is 177 Å². The van der Waals surface area contributed by atoms with Crippen molar-refractivity contribution in [2.45, 2.75) is 111 Å². The first-order valence-electron chi connectivity index (χ1n) is 32.7. The van der Waals surface area contributed by atoms with Crippen LogP contribution in [0, 0.1) is 13.8 Å². The van der Waals surface area contributed by atoms with Crippen LogP contribution in [0.25, 0.3) is 118 Å². The lowest BCUT2D eigenvalue weighted by Gasteiger charge is -2.32. The van der Waals surface area contributed by atoms with Crippen molar-refractivity contribution in [1.82, 2.24) is 0 Å². The predicted molar refractivity (Wildman–Crippen MR) is 385 cm³/mol. The molecule has 0 bridgehead atoms. The number of hydrogen-bond acceptors (Lipinski definition) is 6. The minimum atomic E-state index is -5.82. The maximum atomic E-state index is 17.1. The lowest BCUT2D eigenvalue weighted by Crippen LogP contribution is -2.48. The summed E-state index contributed by atoms with van der Waals surface area (Å²) in [5.74, 6) is -18.1. The first kappa shape index (κ1) is 60.9. The quantitative estimate of drug-likeness (QED) is 0.0592. The Morgan fingerprint density at radius 1 is 0.309 bits per heavy atom. The fourth-order valence-corrected chi connectivity index (χ4v) is 18.6. The number of para-hydroxylation sites is 2. The molecule has 17 rings (SSSR count). The molecule has 480 valence electrons. The number of hydrogen-bond donors (Lipinski definition) is 0. The number of amides is 4. The molecule has 14 heteroatoms. The second kappa shape index (κ2) is 20.6. The Morgan fingerprint density at radius 2 is 0.567 bits per heavy atom. The van der Waals surface area contributed by atoms with Gasteiger partial charge in [0.05, 0.1) is 11.4 Å². The van der Waals surface area contributed by atoms with Crippen molar-refractivity contribution in [3.05, 3.63) is 223 Å². The van der Waals surface area contributed by atoms with Crippen LogP contribution >= 0.6 is 22.7 Å². The van der Waals surface area contributed by atoms with E-state index < -0.39 is 63.7 Å². The number of thiophene rings is 2. The molecule has 2 aliphatic heterocycles. The van der Waals surface area contributed by atoms with Crippen LogP contribution < -0.4 is 9.80 Å². The molecule has 2 aromatic heterocycles. The highest BCUT2D eigenvalue weighted by Gasteiger charge is 2.80. The number of imide groups is 2. The average Bonchev–Trinajstić information content (AvgIpc) is 0.975. The van der Waals surface area contributed by atoms with Crippen LogP contribution in [0.4, 0.5) is 37.7 Å². The summed E-state index contributed by atoms with van der Waals surface area (Å²) in [6.45, 7) is 19.3. The maximum Gasteiger partial charge on any atom is 0.380 e. The first-order chi connectivity index (χ1) is 46.3. The third-order valence-electron chi connectivity index (χ3n) is 21.0. The van der Waals surface area contributed by atoms with Crippen LogP contribution in [-0.4, -0.2) is 41.4 Å². The van der Waals surface area contributed by atoms with E-state index in [0.29, 0.717) is 76.1 Å². The third kappa shape index (κ3) is 7.91. The summed E-state index contributed by atoms with van der Waals surface area (Å²) in [7, 11) is 0. The summed E-state index contributed by atoms with van der Waals surface area (Å²) >= 11 is 2.11. The summed E-state index contributed by atoms with van der Waals surface area (Å²) < 4.78 is 101. The number of aryl methyl sites for hydroxylation is 2. The molecule has 0 unspecified atom stereocenters. The summed E-state index contributed by atoms with van der Waals surface area (Å²) in [5, 5.41) is 11.8. The van der Waals surface area contributed by atoms with Gasteiger partial charge in [0.25, 0.3) is 23.6 Å². The molecular formula is C83H60F6N2O4S2. The molecule has 97 heavy (non-hydrogen) atoms. The van der Waals surface area contributed by atoms with E-state index in [-0.39, 0.29) is 33.4 Å². The van der Waals surface area contributed by atoms with Crippen molar-refractivity contribution >= 4 is 155 Å². The van der Waals surface area contributed by atoms with Gasteiger partial charge in [0.2, 0.25) is 0 Å². The fraction of sp³-hybridized carbons (Fsp3) is 0.205. The van der Waals surface area contributed by atoms with E-state index >= 15 is 26.3 Å². The summed E-state index contributed by atoms with van der Waals surface area (Å²) in [6.07, 6.45) is 0.